The van der Waals surface area contributed by atoms with Crippen LogP contribution in [0.3, 0.4) is 0 Å². The molecule has 0 aliphatic rings. The molecule has 0 fully saturated rings. The van der Waals surface area contributed by atoms with E-state index in [1.807, 2.05) is 0 Å². The lowest BCUT2D eigenvalue weighted by Crippen LogP contribution is -2.15. The fourth-order valence-electron chi connectivity index (χ4n) is 1.74. The van der Waals surface area contributed by atoms with Crippen molar-refractivity contribution in [3.8, 4) is 0 Å². The summed E-state index contributed by atoms with van der Waals surface area (Å²) in [6, 6.07) is 10.1. The molecule has 114 valence electrons. The summed E-state index contributed by atoms with van der Waals surface area (Å²) >= 11 is 0. The Hall–Kier alpha value is -2.87. The van der Waals surface area contributed by atoms with Crippen molar-refractivity contribution >= 4 is 27.6 Å². The Kier molecular flexibility index (Phi) is 4.13. The molecule has 0 saturated carbocycles. The zero-order chi connectivity index (χ0) is 16.3. The van der Waals surface area contributed by atoms with Crippen LogP contribution in [-0.2, 0) is 10.0 Å². The van der Waals surface area contributed by atoms with Crippen LogP contribution in [0, 0.1) is 0 Å². The summed E-state index contributed by atoms with van der Waals surface area (Å²) in [5.74, 6) is -2.44. The molecule has 7 nitrogen and oxygen atoms in total. The third-order valence-corrected chi connectivity index (χ3v) is 4.19. The third-order valence-electron chi connectivity index (χ3n) is 2.81. The highest BCUT2D eigenvalue weighted by Gasteiger charge is 2.18. The van der Waals surface area contributed by atoms with Gasteiger partial charge in [0.1, 0.15) is 0 Å². The van der Waals surface area contributed by atoms with Gasteiger partial charge in [-0.1, -0.05) is 12.1 Å². The maximum Gasteiger partial charge on any atom is 0.337 e. The Morgan fingerprint density at radius 1 is 0.864 bits per heavy atom. The van der Waals surface area contributed by atoms with Crippen LogP contribution in [-0.4, -0.2) is 30.6 Å². The lowest BCUT2D eigenvalue weighted by Gasteiger charge is -2.10. The van der Waals surface area contributed by atoms with E-state index in [-0.39, 0.29) is 21.7 Å². The Balaban J connectivity index is 2.36. The highest BCUT2D eigenvalue weighted by atomic mass is 32.2. The first kappa shape index (κ1) is 15.5. The van der Waals surface area contributed by atoms with Gasteiger partial charge in [0.25, 0.3) is 10.0 Å². The molecule has 0 atom stereocenters. The van der Waals surface area contributed by atoms with Crippen LogP contribution in [0.4, 0.5) is 5.69 Å². The molecule has 0 bridgehead atoms. The summed E-state index contributed by atoms with van der Waals surface area (Å²) in [7, 11) is -4.02. The van der Waals surface area contributed by atoms with Gasteiger partial charge in [-0.05, 0) is 36.4 Å². The summed E-state index contributed by atoms with van der Waals surface area (Å²) in [4.78, 5) is 21.6. The van der Waals surface area contributed by atoms with Crippen molar-refractivity contribution in [2.45, 2.75) is 4.90 Å². The van der Waals surface area contributed by atoms with Gasteiger partial charge in [0.05, 0.1) is 21.7 Å². The van der Waals surface area contributed by atoms with E-state index in [4.69, 9.17) is 10.2 Å². The SMILES string of the molecule is O=C(O)c1ccc(S(=O)(=O)Nc2ccccc2C(=O)O)cc1. The molecule has 22 heavy (non-hydrogen) atoms. The summed E-state index contributed by atoms with van der Waals surface area (Å²) in [6.07, 6.45) is 0. The third kappa shape index (κ3) is 3.23. The number of carbonyl (C=O) groups is 2. The second-order valence-corrected chi connectivity index (χ2v) is 5.97. The van der Waals surface area contributed by atoms with Crippen molar-refractivity contribution < 1.29 is 28.2 Å². The molecule has 0 saturated heterocycles. The van der Waals surface area contributed by atoms with Crippen molar-refractivity contribution in [3.05, 3.63) is 59.7 Å². The smallest absolute Gasteiger partial charge is 0.337 e. The number of rotatable bonds is 5. The van der Waals surface area contributed by atoms with E-state index in [9.17, 15) is 18.0 Å². The number of hydrogen-bond acceptors (Lipinski definition) is 4. The van der Waals surface area contributed by atoms with E-state index < -0.39 is 22.0 Å². The second kappa shape index (κ2) is 5.86. The molecular weight excluding hydrogens is 310 g/mol. The van der Waals surface area contributed by atoms with Crippen molar-refractivity contribution in [2.75, 3.05) is 4.72 Å². The molecule has 2 rings (SSSR count). The highest BCUT2D eigenvalue weighted by Crippen LogP contribution is 2.20. The first-order valence-corrected chi connectivity index (χ1v) is 7.48. The van der Waals surface area contributed by atoms with E-state index in [0.29, 0.717) is 0 Å². The number of aromatic carboxylic acids is 2. The topological polar surface area (TPSA) is 121 Å². The highest BCUT2D eigenvalue weighted by molar-refractivity contribution is 7.92. The van der Waals surface area contributed by atoms with E-state index in [1.54, 1.807) is 0 Å². The van der Waals surface area contributed by atoms with E-state index in [0.717, 1.165) is 24.3 Å². The lowest BCUT2D eigenvalue weighted by atomic mass is 10.2. The van der Waals surface area contributed by atoms with Gasteiger partial charge in [-0.2, -0.15) is 0 Å². The molecule has 0 unspecified atom stereocenters. The maximum absolute atomic E-state index is 12.2. The van der Waals surface area contributed by atoms with Crippen LogP contribution < -0.4 is 4.72 Å². The molecule has 0 heterocycles. The lowest BCUT2D eigenvalue weighted by molar-refractivity contribution is 0.0686. The molecule has 0 radical (unpaired) electrons. The monoisotopic (exact) mass is 321 g/mol. The molecule has 0 aliphatic heterocycles. The number of carboxylic acid groups (broad SMARTS) is 2. The van der Waals surface area contributed by atoms with Gasteiger partial charge in [0.15, 0.2) is 0 Å². The number of para-hydroxylation sites is 1. The van der Waals surface area contributed by atoms with Crippen LogP contribution in [0.5, 0.6) is 0 Å². The number of nitrogens with one attached hydrogen (secondary N) is 1. The zero-order valence-corrected chi connectivity index (χ0v) is 11.9. The van der Waals surface area contributed by atoms with Crippen LogP contribution in [0.15, 0.2) is 53.4 Å². The molecule has 0 amide bonds. The minimum absolute atomic E-state index is 0.0510. The first-order chi connectivity index (χ1) is 10.3. The Morgan fingerprint density at radius 2 is 1.45 bits per heavy atom. The minimum atomic E-state index is -4.02. The number of carboxylic acids is 2. The van der Waals surface area contributed by atoms with Gasteiger partial charge in [0, 0.05) is 0 Å². The zero-order valence-electron chi connectivity index (χ0n) is 11.1. The molecule has 0 aromatic heterocycles. The van der Waals surface area contributed by atoms with Crippen LogP contribution >= 0.6 is 0 Å². The van der Waals surface area contributed by atoms with Gasteiger partial charge in [-0.3, -0.25) is 4.72 Å². The number of anilines is 1. The average molecular weight is 321 g/mol. The molecule has 0 aliphatic carbocycles. The van der Waals surface area contributed by atoms with E-state index >= 15 is 0 Å². The quantitative estimate of drug-likeness (QED) is 0.773. The minimum Gasteiger partial charge on any atom is -0.478 e. The first-order valence-electron chi connectivity index (χ1n) is 6.00. The van der Waals surface area contributed by atoms with Gasteiger partial charge in [-0.25, -0.2) is 18.0 Å². The van der Waals surface area contributed by atoms with Crippen molar-refractivity contribution in [2.24, 2.45) is 0 Å². The summed E-state index contributed by atoms with van der Waals surface area (Å²) in [5, 5.41) is 17.8. The van der Waals surface area contributed by atoms with Crippen molar-refractivity contribution in [3.63, 3.8) is 0 Å². The maximum atomic E-state index is 12.2. The van der Waals surface area contributed by atoms with Crippen molar-refractivity contribution in [1.82, 2.24) is 0 Å². The second-order valence-electron chi connectivity index (χ2n) is 4.29. The molecular formula is C14H11NO6S. The normalized spacial score (nSPS) is 10.9. The summed E-state index contributed by atoms with van der Waals surface area (Å²) < 4.78 is 26.6. The van der Waals surface area contributed by atoms with Crippen LogP contribution in [0.25, 0.3) is 0 Å². The number of sulfonamides is 1. The molecule has 0 spiro atoms. The Bertz CT molecular complexity index is 827. The average Bonchev–Trinajstić information content (AvgIpc) is 2.47. The van der Waals surface area contributed by atoms with Gasteiger partial charge in [-0.15, -0.1) is 0 Å². The van der Waals surface area contributed by atoms with Gasteiger partial charge >= 0.3 is 11.9 Å². The molecule has 2 aromatic carbocycles. The van der Waals surface area contributed by atoms with Gasteiger partial charge in [0.2, 0.25) is 0 Å². The molecule has 2 aromatic rings. The molecule has 8 heteroatoms. The standard InChI is InChI=1S/C14H11NO6S/c16-13(17)9-5-7-10(8-6-9)22(20,21)15-12-4-2-1-3-11(12)14(18)19/h1-8,15H,(H,16,17)(H,18,19). The predicted molar refractivity (Wildman–Crippen MR) is 77.6 cm³/mol. The Labute approximate surface area is 125 Å². The van der Waals surface area contributed by atoms with E-state index in [1.165, 1.54) is 24.3 Å². The number of hydrogen-bond donors (Lipinski definition) is 3. The largest absolute Gasteiger partial charge is 0.478 e. The Morgan fingerprint density at radius 3 is 2.00 bits per heavy atom. The predicted octanol–water partition coefficient (Wildman–Crippen LogP) is 1.88. The van der Waals surface area contributed by atoms with Crippen LogP contribution in [0.2, 0.25) is 0 Å². The summed E-state index contributed by atoms with van der Waals surface area (Å²) in [6.45, 7) is 0. The fraction of sp³-hybridized carbons (Fsp3) is 0. The van der Waals surface area contributed by atoms with Gasteiger partial charge < -0.3 is 10.2 Å². The van der Waals surface area contributed by atoms with E-state index in [2.05, 4.69) is 4.72 Å². The van der Waals surface area contributed by atoms with Crippen molar-refractivity contribution in [1.29, 1.82) is 0 Å². The summed E-state index contributed by atoms with van der Waals surface area (Å²) in [5.41, 5.74) is -0.310. The number of benzene rings is 2. The van der Waals surface area contributed by atoms with Crippen LogP contribution in [0.1, 0.15) is 20.7 Å². The molecule has 3 N–H and O–H groups in total. The fourth-order valence-corrected chi connectivity index (χ4v) is 2.82.